The highest BCUT2D eigenvalue weighted by Crippen LogP contribution is 2.31. The van der Waals surface area contributed by atoms with Crippen LogP contribution in [0.25, 0.3) is 11.0 Å². The minimum atomic E-state index is -0.391. The molecule has 2 aromatic rings. The van der Waals surface area contributed by atoms with E-state index in [1.807, 2.05) is 6.92 Å². The lowest BCUT2D eigenvalue weighted by molar-refractivity contribution is 0.307. The Balaban J connectivity index is 2.20. The van der Waals surface area contributed by atoms with Crippen LogP contribution in [-0.4, -0.2) is 6.61 Å². The molecule has 0 unspecified atom stereocenters. The molecule has 0 amide bonds. The molecule has 0 fully saturated rings. The Bertz CT molecular complexity index is 715. The van der Waals surface area contributed by atoms with Gasteiger partial charge in [0.05, 0.1) is 17.7 Å². The van der Waals surface area contributed by atoms with E-state index in [-0.39, 0.29) is 0 Å². The number of halogens is 1. The van der Waals surface area contributed by atoms with Gasteiger partial charge in [-0.1, -0.05) is 11.6 Å². The first-order chi connectivity index (χ1) is 9.61. The number of ether oxygens (including phenoxy) is 1. The van der Waals surface area contributed by atoms with E-state index in [0.717, 1.165) is 23.8 Å². The third-order valence-corrected chi connectivity index (χ3v) is 3.24. The van der Waals surface area contributed by atoms with Crippen LogP contribution in [0.4, 0.5) is 0 Å². The summed E-state index contributed by atoms with van der Waals surface area (Å²) in [5.41, 5.74) is 0.891. The van der Waals surface area contributed by atoms with E-state index in [9.17, 15) is 4.79 Å². The summed E-state index contributed by atoms with van der Waals surface area (Å²) in [6, 6.07) is 6.89. The summed E-state index contributed by atoms with van der Waals surface area (Å²) in [4.78, 5) is 11.4. The van der Waals surface area contributed by atoms with Gasteiger partial charge in [0.25, 0.3) is 0 Å². The number of benzene rings is 1. The van der Waals surface area contributed by atoms with Crippen LogP contribution in [-0.2, 0) is 0 Å². The second-order valence-electron chi connectivity index (χ2n) is 4.49. The van der Waals surface area contributed by atoms with E-state index < -0.39 is 5.63 Å². The summed E-state index contributed by atoms with van der Waals surface area (Å²) in [7, 11) is 0. The van der Waals surface area contributed by atoms with Gasteiger partial charge in [-0.2, -0.15) is 5.26 Å². The first-order valence-corrected chi connectivity index (χ1v) is 6.73. The Kier molecular flexibility index (Phi) is 4.65. The average Bonchev–Trinajstić information content (AvgIpc) is 2.40. The molecule has 104 valence electrons. The quantitative estimate of drug-likeness (QED) is 0.620. The first-order valence-electron chi connectivity index (χ1n) is 6.35. The molecule has 0 atom stereocenters. The largest absolute Gasteiger partial charge is 0.492 e. The van der Waals surface area contributed by atoms with Gasteiger partial charge in [-0.3, -0.25) is 0 Å². The standard InChI is InChI=1S/C15H14ClNO3/c1-10-7-15(18)20-13-9-14(12(16)8-11(10)13)19-6-4-2-3-5-17/h7-9H,2-4,6H2,1H3. The molecule has 0 N–H and O–H groups in total. The lowest BCUT2D eigenvalue weighted by Crippen LogP contribution is -2.00. The number of fused-ring (bicyclic) bond motifs is 1. The van der Waals surface area contributed by atoms with E-state index in [1.165, 1.54) is 6.07 Å². The van der Waals surface area contributed by atoms with Crippen molar-refractivity contribution < 1.29 is 9.15 Å². The molecular weight excluding hydrogens is 278 g/mol. The van der Waals surface area contributed by atoms with Crippen LogP contribution in [0.5, 0.6) is 5.75 Å². The highest BCUT2D eigenvalue weighted by atomic mass is 35.5. The van der Waals surface area contributed by atoms with Crippen molar-refractivity contribution in [1.82, 2.24) is 0 Å². The van der Waals surface area contributed by atoms with Crippen molar-refractivity contribution in [3.63, 3.8) is 0 Å². The summed E-state index contributed by atoms with van der Waals surface area (Å²) in [6.07, 6.45) is 2.08. The first kappa shape index (κ1) is 14.4. The van der Waals surface area contributed by atoms with Crippen molar-refractivity contribution in [2.45, 2.75) is 26.2 Å². The second-order valence-corrected chi connectivity index (χ2v) is 4.90. The second kappa shape index (κ2) is 6.44. The third-order valence-electron chi connectivity index (χ3n) is 2.94. The van der Waals surface area contributed by atoms with Gasteiger partial charge in [0.1, 0.15) is 11.3 Å². The predicted molar refractivity (Wildman–Crippen MR) is 77.2 cm³/mol. The van der Waals surface area contributed by atoms with Crippen LogP contribution in [0, 0.1) is 18.3 Å². The minimum absolute atomic E-state index is 0.391. The van der Waals surface area contributed by atoms with E-state index >= 15 is 0 Å². The van der Waals surface area contributed by atoms with Gasteiger partial charge >= 0.3 is 5.63 Å². The molecular formula is C15H14ClNO3. The van der Waals surface area contributed by atoms with Gasteiger partial charge in [-0.05, 0) is 31.4 Å². The van der Waals surface area contributed by atoms with Gasteiger partial charge in [0.15, 0.2) is 0 Å². The summed E-state index contributed by atoms with van der Waals surface area (Å²) in [5, 5.41) is 9.72. The third kappa shape index (κ3) is 3.31. The maximum absolute atomic E-state index is 11.4. The van der Waals surface area contributed by atoms with Crippen molar-refractivity contribution in [3.05, 3.63) is 39.2 Å². The maximum Gasteiger partial charge on any atom is 0.336 e. The van der Waals surface area contributed by atoms with Crippen LogP contribution in [0.2, 0.25) is 5.02 Å². The Hall–Kier alpha value is -1.99. The molecule has 20 heavy (non-hydrogen) atoms. The SMILES string of the molecule is Cc1cc(=O)oc2cc(OCCCCC#N)c(Cl)cc12. The highest BCUT2D eigenvalue weighted by molar-refractivity contribution is 6.32. The Morgan fingerprint density at radius 1 is 1.35 bits per heavy atom. The molecule has 1 heterocycles. The minimum Gasteiger partial charge on any atom is -0.492 e. The number of nitriles is 1. The van der Waals surface area contributed by atoms with Crippen LogP contribution in [0.15, 0.2) is 27.4 Å². The molecule has 5 heteroatoms. The number of nitrogens with zero attached hydrogens (tertiary/aromatic N) is 1. The van der Waals surface area contributed by atoms with Gasteiger partial charge in [-0.25, -0.2) is 4.79 Å². The molecule has 0 aliphatic rings. The van der Waals surface area contributed by atoms with Crippen LogP contribution >= 0.6 is 11.6 Å². The molecule has 2 rings (SSSR count). The highest BCUT2D eigenvalue weighted by Gasteiger charge is 2.09. The molecule has 0 bridgehead atoms. The van der Waals surface area contributed by atoms with Gasteiger partial charge in [-0.15, -0.1) is 0 Å². The zero-order valence-electron chi connectivity index (χ0n) is 11.1. The molecule has 0 aliphatic carbocycles. The summed E-state index contributed by atoms with van der Waals surface area (Å²) >= 11 is 6.16. The topological polar surface area (TPSA) is 63.2 Å². The Labute approximate surface area is 121 Å². The smallest absolute Gasteiger partial charge is 0.336 e. The molecule has 0 saturated heterocycles. The fourth-order valence-corrected chi connectivity index (χ4v) is 2.14. The van der Waals surface area contributed by atoms with E-state index in [1.54, 1.807) is 12.1 Å². The number of unbranched alkanes of at least 4 members (excludes halogenated alkanes) is 2. The fraction of sp³-hybridized carbons (Fsp3) is 0.333. The number of hydrogen-bond donors (Lipinski definition) is 0. The zero-order chi connectivity index (χ0) is 14.5. The number of rotatable bonds is 5. The van der Waals surface area contributed by atoms with E-state index in [4.69, 9.17) is 26.0 Å². The van der Waals surface area contributed by atoms with Crippen molar-refractivity contribution in [1.29, 1.82) is 5.26 Å². The number of aryl methyl sites for hydroxylation is 1. The molecule has 0 aliphatic heterocycles. The van der Waals surface area contributed by atoms with Crippen LogP contribution < -0.4 is 10.4 Å². The molecule has 0 radical (unpaired) electrons. The van der Waals surface area contributed by atoms with Gasteiger partial charge in [0.2, 0.25) is 0 Å². The lowest BCUT2D eigenvalue weighted by Gasteiger charge is -2.09. The van der Waals surface area contributed by atoms with Crippen molar-refractivity contribution >= 4 is 22.6 Å². The molecule has 1 aromatic carbocycles. The summed E-state index contributed by atoms with van der Waals surface area (Å²) < 4.78 is 10.7. The van der Waals surface area contributed by atoms with E-state index in [0.29, 0.717) is 29.4 Å². The van der Waals surface area contributed by atoms with Crippen LogP contribution in [0.3, 0.4) is 0 Å². The number of hydrogen-bond acceptors (Lipinski definition) is 4. The maximum atomic E-state index is 11.4. The normalized spacial score (nSPS) is 10.4. The van der Waals surface area contributed by atoms with Gasteiger partial charge in [0, 0.05) is 23.9 Å². The zero-order valence-corrected chi connectivity index (χ0v) is 11.9. The average molecular weight is 292 g/mol. The monoisotopic (exact) mass is 291 g/mol. The molecule has 4 nitrogen and oxygen atoms in total. The lowest BCUT2D eigenvalue weighted by atomic mass is 10.1. The van der Waals surface area contributed by atoms with Crippen molar-refractivity contribution in [2.24, 2.45) is 0 Å². The Morgan fingerprint density at radius 3 is 2.90 bits per heavy atom. The Morgan fingerprint density at radius 2 is 2.15 bits per heavy atom. The molecule has 0 spiro atoms. The molecule has 1 aromatic heterocycles. The summed E-state index contributed by atoms with van der Waals surface area (Å²) in [5.74, 6) is 0.491. The van der Waals surface area contributed by atoms with E-state index in [2.05, 4.69) is 6.07 Å². The summed E-state index contributed by atoms with van der Waals surface area (Å²) in [6.45, 7) is 2.31. The predicted octanol–water partition coefficient (Wildman–Crippen LogP) is 3.83. The van der Waals surface area contributed by atoms with Crippen molar-refractivity contribution in [2.75, 3.05) is 6.61 Å². The van der Waals surface area contributed by atoms with Gasteiger partial charge < -0.3 is 9.15 Å². The molecule has 0 saturated carbocycles. The van der Waals surface area contributed by atoms with Crippen molar-refractivity contribution in [3.8, 4) is 11.8 Å². The fourth-order valence-electron chi connectivity index (χ4n) is 1.92. The van der Waals surface area contributed by atoms with Crippen LogP contribution in [0.1, 0.15) is 24.8 Å².